The van der Waals surface area contributed by atoms with Gasteiger partial charge in [0.1, 0.15) is 17.1 Å². The van der Waals surface area contributed by atoms with Gasteiger partial charge in [-0.1, -0.05) is 13.8 Å². The van der Waals surface area contributed by atoms with Gasteiger partial charge >= 0.3 is 0 Å². The number of hydrogen-bond donors (Lipinski definition) is 1. The van der Waals surface area contributed by atoms with Crippen LogP contribution in [0.1, 0.15) is 45.7 Å². The number of nitrogens with one attached hydrogen (secondary N) is 1. The van der Waals surface area contributed by atoms with Crippen LogP contribution in [-0.2, 0) is 4.79 Å². The molecule has 0 aliphatic carbocycles. The third-order valence-corrected chi connectivity index (χ3v) is 3.52. The van der Waals surface area contributed by atoms with Crippen molar-refractivity contribution in [2.24, 2.45) is 5.92 Å². The Morgan fingerprint density at radius 3 is 2.75 bits per heavy atom. The van der Waals surface area contributed by atoms with E-state index >= 15 is 0 Å². The summed E-state index contributed by atoms with van der Waals surface area (Å²) in [4.78, 5) is 12.0. The number of amides is 1. The Morgan fingerprint density at radius 1 is 1.45 bits per heavy atom. The molecule has 0 spiro atoms. The summed E-state index contributed by atoms with van der Waals surface area (Å²) in [5.74, 6) is 1.61. The number of rotatable bonds is 3. The average Bonchev–Trinajstić information content (AvgIpc) is 2.37. The van der Waals surface area contributed by atoms with Gasteiger partial charge in [-0.15, -0.1) is 0 Å². The predicted octanol–water partition coefficient (Wildman–Crippen LogP) is 3.07. The van der Waals surface area contributed by atoms with Crippen LogP contribution in [-0.4, -0.2) is 18.6 Å². The van der Waals surface area contributed by atoms with Crippen molar-refractivity contribution in [1.82, 2.24) is 5.32 Å². The van der Waals surface area contributed by atoms with Crippen LogP contribution in [0.25, 0.3) is 0 Å². The van der Waals surface area contributed by atoms with Gasteiger partial charge in [0.25, 0.3) is 0 Å². The standard InChI is InChI=1S/C16H23NO3/c1-10(2)15(18)17-13-9-16(3,4)20-14-7-6-11(19-5)8-12(13)14/h6-8,10,13H,9H2,1-5H3,(H,17,18). The Hall–Kier alpha value is -1.71. The van der Waals surface area contributed by atoms with Crippen LogP contribution in [0.2, 0.25) is 0 Å². The molecule has 1 N–H and O–H groups in total. The van der Waals surface area contributed by atoms with E-state index in [9.17, 15) is 4.79 Å². The van der Waals surface area contributed by atoms with Crippen molar-refractivity contribution in [3.63, 3.8) is 0 Å². The Morgan fingerprint density at radius 2 is 2.15 bits per heavy atom. The molecule has 1 heterocycles. The number of benzene rings is 1. The van der Waals surface area contributed by atoms with Crippen molar-refractivity contribution in [3.05, 3.63) is 23.8 Å². The fourth-order valence-corrected chi connectivity index (χ4v) is 2.43. The molecule has 0 aromatic heterocycles. The van der Waals surface area contributed by atoms with Crippen LogP contribution >= 0.6 is 0 Å². The summed E-state index contributed by atoms with van der Waals surface area (Å²) < 4.78 is 11.2. The van der Waals surface area contributed by atoms with Crippen molar-refractivity contribution in [3.8, 4) is 11.5 Å². The van der Waals surface area contributed by atoms with E-state index in [4.69, 9.17) is 9.47 Å². The minimum absolute atomic E-state index is 0.0324. The van der Waals surface area contributed by atoms with Crippen LogP contribution < -0.4 is 14.8 Å². The number of fused-ring (bicyclic) bond motifs is 1. The van der Waals surface area contributed by atoms with Crippen molar-refractivity contribution >= 4 is 5.91 Å². The van der Waals surface area contributed by atoms with Crippen molar-refractivity contribution < 1.29 is 14.3 Å². The van der Waals surface area contributed by atoms with Gasteiger partial charge in [-0.05, 0) is 32.0 Å². The molecular weight excluding hydrogens is 254 g/mol. The highest BCUT2D eigenvalue weighted by Crippen LogP contribution is 2.41. The molecular formula is C16H23NO3. The number of hydrogen-bond acceptors (Lipinski definition) is 3. The summed E-state index contributed by atoms with van der Waals surface area (Å²) in [5, 5.41) is 3.11. The molecule has 1 unspecified atom stereocenters. The summed E-state index contributed by atoms with van der Waals surface area (Å²) >= 11 is 0. The zero-order chi connectivity index (χ0) is 14.9. The molecule has 2 rings (SSSR count). The minimum Gasteiger partial charge on any atom is -0.497 e. The molecule has 0 saturated heterocycles. The van der Waals surface area contributed by atoms with Gasteiger partial charge in [0.15, 0.2) is 0 Å². The first-order valence-corrected chi connectivity index (χ1v) is 7.00. The van der Waals surface area contributed by atoms with E-state index in [1.165, 1.54) is 0 Å². The molecule has 1 aliphatic heterocycles. The molecule has 0 bridgehead atoms. The third kappa shape index (κ3) is 3.06. The number of carbonyl (C=O) groups is 1. The van der Waals surface area contributed by atoms with Crippen LogP contribution in [0.5, 0.6) is 11.5 Å². The van der Waals surface area contributed by atoms with Gasteiger partial charge in [-0.2, -0.15) is 0 Å². The molecule has 1 aromatic carbocycles. The number of ether oxygens (including phenoxy) is 2. The van der Waals surface area contributed by atoms with Gasteiger partial charge in [0, 0.05) is 17.9 Å². The van der Waals surface area contributed by atoms with E-state index in [2.05, 4.69) is 5.32 Å². The normalized spacial score (nSPS) is 20.0. The first kappa shape index (κ1) is 14.7. The molecule has 1 aromatic rings. The number of carbonyl (C=O) groups excluding carboxylic acids is 1. The van der Waals surface area contributed by atoms with E-state index < -0.39 is 0 Å². The van der Waals surface area contributed by atoms with Gasteiger partial charge < -0.3 is 14.8 Å². The fraction of sp³-hybridized carbons (Fsp3) is 0.562. The topological polar surface area (TPSA) is 47.6 Å². The maximum Gasteiger partial charge on any atom is 0.223 e. The molecule has 0 fully saturated rings. The van der Waals surface area contributed by atoms with E-state index in [1.807, 2.05) is 45.9 Å². The zero-order valence-electron chi connectivity index (χ0n) is 12.8. The second kappa shape index (κ2) is 5.35. The van der Waals surface area contributed by atoms with E-state index in [0.29, 0.717) is 0 Å². The molecule has 110 valence electrons. The summed E-state index contributed by atoms with van der Waals surface area (Å²) in [7, 11) is 1.64. The van der Waals surface area contributed by atoms with Crippen molar-refractivity contribution in [1.29, 1.82) is 0 Å². The predicted molar refractivity (Wildman–Crippen MR) is 78.0 cm³/mol. The monoisotopic (exact) mass is 277 g/mol. The fourth-order valence-electron chi connectivity index (χ4n) is 2.43. The lowest BCUT2D eigenvalue weighted by Crippen LogP contribution is -2.42. The van der Waals surface area contributed by atoms with Crippen LogP contribution in [0, 0.1) is 5.92 Å². The first-order valence-electron chi connectivity index (χ1n) is 7.00. The van der Waals surface area contributed by atoms with E-state index in [0.717, 1.165) is 23.5 Å². The molecule has 1 aliphatic rings. The Kier molecular flexibility index (Phi) is 3.93. The molecule has 0 radical (unpaired) electrons. The molecule has 1 amide bonds. The lowest BCUT2D eigenvalue weighted by molar-refractivity contribution is -0.125. The summed E-state index contributed by atoms with van der Waals surface area (Å²) in [6.45, 7) is 7.86. The summed E-state index contributed by atoms with van der Waals surface area (Å²) in [5.41, 5.74) is 0.689. The Labute approximate surface area is 120 Å². The highest BCUT2D eigenvalue weighted by molar-refractivity contribution is 5.78. The lowest BCUT2D eigenvalue weighted by Gasteiger charge is -2.38. The van der Waals surface area contributed by atoms with Gasteiger partial charge in [0.05, 0.1) is 13.2 Å². The van der Waals surface area contributed by atoms with Crippen molar-refractivity contribution in [2.45, 2.75) is 45.8 Å². The number of methoxy groups -OCH3 is 1. The maximum absolute atomic E-state index is 12.0. The van der Waals surface area contributed by atoms with Gasteiger partial charge in [-0.25, -0.2) is 0 Å². The molecule has 4 nitrogen and oxygen atoms in total. The first-order chi connectivity index (χ1) is 9.32. The zero-order valence-corrected chi connectivity index (χ0v) is 12.8. The lowest BCUT2D eigenvalue weighted by atomic mass is 9.89. The smallest absolute Gasteiger partial charge is 0.223 e. The molecule has 20 heavy (non-hydrogen) atoms. The molecule has 1 atom stereocenters. The second-order valence-electron chi connectivity index (χ2n) is 6.19. The highest BCUT2D eigenvalue weighted by atomic mass is 16.5. The minimum atomic E-state index is -0.295. The van der Waals surface area contributed by atoms with Crippen LogP contribution in [0.3, 0.4) is 0 Å². The molecule has 4 heteroatoms. The second-order valence-corrected chi connectivity index (χ2v) is 6.19. The Balaban J connectivity index is 2.34. The summed E-state index contributed by atoms with van der Waals surface area (Å²) in [6, 6.07) is 5.68. The van der Waals surface area contributed by atoms with Gasteiger partial charge in [-0.3, -0.25) is 4.79 Å². The Bertz CT molecular complexity index is 508. The van der Waals surface area contributed by atoms with Crippen molar-refractivity contribution in [2.75, 3.05) is 7.11 Å². The summed E-state index contributed by atoms with van der Waals surface area (Å²) in [6.07, 6.45) is 0.742. The van der Waals surface area contributed by atoms with Gasteiger partial charge in [0.2, 0.25) is 5.91 Å². The third-order valence-electron chi connectivity index (χ3n) is 3.52. The van der Waals surface area contributed by atoms with Crippen LogP contribution in [0.15, 0.2) is 18.2 Å². The van der Waals surface area contributed by atoms with E-state index in [-0.39, 0.29) is 23.5 Å². The highest BCUT2D eigenvalue weighted by Gasteiger charge is 2.35. The average molecular weight is 277 g/mol. The van der Waals surface area contributed by atoms with Crippen LogP contribution in [0.4, 0.5) is 0 Å². The van der Waals surface area contributed by atoms with E-state index in [1.54, 1.807) is 7.11 Å². The largest absolute Gasteiger partial charge is 0.497 e. The molecule has 0 saturated carbocycles. The SMILES string of the molecule is COc1ccc2c(c1)C(NC(=O)C(C)C)CC(C)(C)O2. The maximum atomic E-state index is 12.0. The quantitative estimate of drug-likeness (QED) is 0.923.